The van der Waals surface area contributed by atoms with E-state index >= 15 is 0 Å². The Hall–Kier alpha value is -2.80. The van der Waals surface area contributed by atoms with Crippen LogP contribution in [0.5, 0.6) is 11.5 Å². The first-order valence-corrected chi connectivity index (χ1v) is 7.75. The minimum Gasteiger partial charge on any atom is -0.457 e. The van der Waals surface area contributed by atoms with E-state index in [2.05, 4.69) is 11.4 Å². The molecule has 4 nitrogen and oxygen atoms in total. The van der Waals surface area contributed by atoms with E-state index < -0.39 is 0 Å². The smallest absolute Gasteiger partial charge is 0.227 e. The molecular weight excluding hydrogens is 288 g/mol. The van der Waals surface area contributed by atoms with Gasteiger partial charge in [-0.2, -0.15) is 5.26 Å². The second kappa shape index (κ2) is 8.00. The minimum absolute atomic E-state index is 0.0413. The van der Waals surface area contributed by atoms with Crippen molar-refractivity contribution in [3.05, 3.63) is 54.1 Å². The van der Waals surface area contributed by atoms with Gasteiger partial charge in [-0.25, -0.2) is 0 Å². The molecule has 1 N–H and O–H groups in total. The molecule has 2 aromatic rings. The molecule has 0 aliphatic carbocycles. The molecule has 0 radical (unpaired) electrons. The third-order valence-electron chi connectivity index (χ3n) is 3.68. The van der Waals surface area contributed by atoms with E-state index in [0.29, 0.717) is 17.1 Å². The molecule has 2 aromatic carbocycles. The van der Waals surface area contributed by atoms with E-state index in [0.717, 1.165) is 18.5 Å². The summed E-state index contributed by atoms with van der Waals surface area (Å²) < 4.78 is 5.71. The van der Waals surface area contributed by atoms with Gasteiger partial charge in [0.25, 0.3) is 0 Å². The molecule has 118 valence electrons. The molecule has 0 spiro atoms. The molecule has 0 unspecified atom stereocenters. The van der Waals surface area contributed by atoms with Crippen LogP contribution in [0.25, 0.3) is 0 Å². The van der Waals surface area contributed by atoms with E-state index in [1.165, 1.54) is 0 Å². The standard InChI is InChI=1S/C19H20N2O2/c1-3-15(4-2)19(22)21-16-8-10-17(11-9-16)23-18-7-5-6-14(12-18)13-20/h5-12,15H,3-4H2,1-2H3,(H,21,22). The van der Waals surface area contributed by atoms with Crippen LogP contribution in [0.15, 0.2) is 48.5 Å². The number of amides is 1. The summed E-state index contributed by atoms with van der Waals surface area (Å²) in [5.74, 6) is 1.35. The number of anilines is 1. The molecule has 1 amide bonds. The Morgan fingerprint density at radius 2 is 1.83 bits per heavy atom. The van der Waals surface area contributed by atoms with Crippen molar-refractivity contribution in [3.63, 3.8) is 0 Å². The van der Waals surface area contributed by atoms with Gasteiger partial charge in [0.1, 0.15) is 11.5 Å². The number of nitrogens with one attached hydrogen (secondary N) is 1. The summed E-state index contributed by atoms with van der Waals surface area (Å²) in [4.78, 5) is 12.0. The zero-order chi connectivity index (χ0) is 16.7. The number of hydrogen-bond donors (Lipinski definition) is 1. The topological polar surface area (TPSA) is 62.1 Å². The van der Waals surface area contributed by atoms with Gasteiger partial charge in [-0.15, -0.1) is 0 Å². The summed E-state index contributed by atoms with van der Waals surface area (Å²) in [6.07, 6.45) is 1.66. The fourth-order valence-electron chi connectivity index (χ4n) is 2.28. The van der Waals surface area contributed by atoms with Crippen LogP contribution >= 0.6 is 0 Å². The number of rotatable bonds is 6. The summed E-state index contributed by atoms with van der Waals surface area (Å²) in [5.41, 5.74) is 1.30. The number of nitrogens with zero attached hydrogens (tertiary/aromatic N) is 1. The lowest BCUT2D eigenvalue weighted by atomic mass is 10.0. The van der Waals surface area contributed by atoms with E-state index in [4.69, 9.17) is 10.00 Å². The summed E-state index contributed by atoms with van der Waals surface area (Å²) in [6.45, 7) is 4.03. The average molecular weight is 308 g/mol. The number of benzene rings is 2. The fourth-order valence-corrected chi connectivity index (χ4v) is 2.28. The van der Waals surface area contributed by atoms with Gasteiger partial charge in [0, 0.05) is 11.6 Å². The maximum Gasteiger partial charge on any atom is 0.227 e. The normalized spacial score (nSPS) is 10.2. The van der Waals surface area contributed by atoms with E-state index in [-0.39, 0.29) is 11.8 Å². The molecule has 4 heteroatoms. The lowest BCUT2D eigenvalue weighted by Gasteiger charge is -2.13. The van der Waals surface area contributed by atoms with E-state index in [9.17, 15) is 4.79 Å². The van der Waals surface area contributed by atoms with Crippen LogP contribution < -0.4 is 10.1 Å². The minimum atomic E-state index is 0.0413. The summed E-state index contributed by atoms with van der Waals surface area (Å²) >= 11 is 0. The monoisotopic (exact) mass is 308 g/mol. The Morgan fingerprint density at radius 1 is 1.13 bits per heavy atom. The third-order valence-corrected chi connectivity index (χ3v) is 3.68. The zero-order valence-corrected chi connectivity index (χ0v) is 13.4. The molecule has 0 atom stereocenters. The highest BCUT2D eigenvalue weighted by Gasteiger charge is 2.13. The van der Waals surface area contributed by atoms with Crippen molar-refractivity contribution < 1.29 is 9.53 Å². The van der Waals surface area contributed by atoms with Crippen molar-refractivity contribution in [2.24, 2.45) is 5.92 Å². The average Bonchev–Trinajstić information content (AvgIpc) is 2.58. The molecule has 0 aliphatic heterocycles. The van der Waals surface area contributed by atoms with Crippen LogP contribution in [0, 0.1) is 17.2 Å². The Labute approximate surface area is 136 Å². The molecule has 2 rings (SSSR count). The van der Waals surface area contributed by atoms with Crippen molar-refractivity contribution in [1.29, 1.82) is 5.26 Å². The molecule has 23 heavy (non-hydrogen) atoms. The van der Waals surface area contributed by atoms with Crippen molar-refractivity contribution in [3.8, 4) is 17.6 Å². The molecule has 0 heterocycles. The quantitative estimate of drug-likeness (QED) is 0.839. The largest absolute Gasteiger partial charge is 0.457 e. The second-order valence-electron chi connectivity index (χ2n) is 5.27. The van der Waals surface area contributed by atoms with Gasteiger partial charge in [-0.05, 0) is 55.3 Å². The van der Waals surface area contributed by atoms with Crippen LogP contribution in [-0.4, -0.2) is 5.91 Å². The van der Waals surface area contributed by atoms with Gasteiger partial charge in [0.2, 0.25) is 5.91 Å². The summed E-state index contributed by atoms with van der Waals surface area (Å²) in [5, 5.41) is 11.8. The molecule has 0 fully saturated rings. The maximum absolute atomic E-state index is 12.0. The molecule has 0 bridgehead atoms. The van der Waals surface area contributed by atoms with E-state index in [1.54, 1.807) is 36.4 Å². The predicted octanol–water partition coefficient (Wildman–Crippen LogP) is 4.73. The van der Waals surface area contributed by atoms with Crippen LogP contribution in [0.4, 0.5) is 5.69 Å². The van der Waals surface area contributed by atoms with Gasteiger partial charge in [0.05, 0.1) is 11.6 Å². The van der Waals surface area contributed by atoms with Crippen LogP contribution in [-0.2, 0) is 4.79 Å². The number of carbonyl (C=O) groups excluding carboxylic acids is 1. The lowest BCUT2D eigenvalue weighted by Crippen LogP contribution is -2.21. The first kappa shape index (κ1) is 16.6. The second-order valence-corrected chi connectivity index (χ2v) is 5.27. The van der Waals surface area contributed by atoms with Crippen LogP contribution in [0.3, 0.4) is 0 Å². The Bertz CT molecular complexity index is 698. The molecular formula is C19H20N2O2. The number of carbonyl (C=O) groups is 1. The lowest BCUT2D eigenvalue weighted by molar-refractivity contribution is -0.120. The number of hydrogen-bond acceptors (Lipinski definition) is 3. The molecule has 0 aliphatic rings. The number of ether oxygens (including phenoxy) is 1. The first-order valence-electron chi connectivity index (χ1n) is 7.75. The third kappa shape index (κ3) is 4.58. The van der Waals surface area contributed by atoms with Crippen molar-refractivity contribution >= 4 is 11.6 Å². The SMILES string of the molecule is CCC(CC)C(=O)Nc1ccc(Oc2cccc(C#N)c2)cc1. The fraction of sp³-hybridized carbons (Fsp3) is 0.263. The predicted molar refractivity (Wildman–Crippen MR) is 90.4 cm³/mol. The Kier molecular flexibility index (Phi) is 5.76. The van der Waals surface area contributed by atoms with Gasteiger partial charge in [-0.3, -0.25) is 4.79 Å². The molecule has 0 saturated heterocycles. The maximum atomic E-state index is 12.0. The zero-order valence-electron chi connectivity index (χ0n) is 13.4. The van der Waals surface area contributed by atoms with Crippen molar-refractivity contribution in [2.45, 2.75) is 26.7 Å². The van der Waals surface area contributed by atoms with Crippen molar-refractivity contribution in [2.75, 3.05) is 5.32 Å². The summed E-state index contributed by atoms with van der Waals surface area (Å²) in [6, 6.07) is 16.3. The Balaban J connectivity index is 2.02. The van der Waals surface area contributed by atoms with Gasteiger partial charge >= 0.3 is 0 Å². The highest BCUT2D eigenvalue weighted by Crippen LogP contribution is 2.24. The van der Waals surface area contributed by atoms with Gasteiger partial charge in [0.15, 0.2) is 0 Å². The van der Waals surface area contributed by atoms with Gasteiger partial charge < -0.3 is 10.1 Å². The highest BCUT2D eigenvalue weighted by molar-refractivity contribution is 5.92. The summed E-state index contributed by atoms with van der Waals surface area (Å²) in [7, 11) is 0. The van der Waals surface area contributed by atoms with Crippen LogP contribution in [0.1, 0.15) is 32.3 Å². The number of nitriles is 1. The highest BCUT2D eigenvalue weighted by atomic mass is 16.5. The van der Waals surface area contributed by atoms with Gasteiger partial charge in [-0.1, -0.05) is 19.9 Å². The first-order chi connectivity index (χ1) is 11.2. The molecule has 0 saturated carbocycles. The van der Waals surface area contributed by atoms with E-state index in [1.807, 2.05) is 26.0 Å². The van der Waals surface area contributed by atoms with Crippen molar-refractivity contribution in [1.82, 2.24) is 0 Å². The Morgan fingerprint density at radius 3 is 2.43 bits per heavy atom. The molecule has 0 aromatic heterocycles. The van der Waals surface area contributed by atoms with Crippen LogP contribution in [0.2, 0.25) is 0 Å².